The van der Waals surface area contributed by atoms with E-state index in [2.05, 4.69) is 5.10 Å². The second-order valence-corrected chi connectivity index (χ2v) is 3.87. The zero-order chi connectivity index (χ0) is 13.1. The number of hydrogen-bond donors (Lipinski definition) is 0. The van der Waals surface area contributed by atoms with Gasteiger partial charge in [0.05, 0.1) is 28.8 Å². The molecule has 1 heterocycles. The molecule has 0 bridgehead atoms. The van der Waals surface area contributed by atoms with Crippen LogP contribution in [0.4, 0.5) is 5.69 Å². The van der Waals surface area contributed by atoms with Crippen LogP contribution in [0.1, 0.15) is 22.8 Å². The zero-order valence-electron chi connectivity index (χ0n) is 9.74. The minimum Gasteiger partial charge on any atom is -0.294 e. The maximum atomic E-state index is 11.1. The van der Waals surface area contributed by atoms with Gasteiger partial charge in [-0.25, -0.2) is 0 Å². The van der Waals surface area contributed by atoms with E-state index in [0.717, 1.165) is 0 Å². The minimum atomic E-state index is -0.426. The van der Waals surface area contributed by atoms with Crippen LogP contribution >= 0.6 is 0 Å². The summed E-state index contributed by atoms with van der Waals surface area (Å²) < 4.78 is 1.51. The van der Waals surface area contributed by atoms with E-state index < -0.39 is 4.92 Å². The van der Waals surface area contributed by atoms with Crippen molar-refractivity contribution in [2.45, 2.75) is 13.5 Å². The summed E-state index contributed by atoms with van der Waals surface area (Å²) in [6.07, 6.45) is 3.04. The van der Waals surface area contributed by atoms with Crippen molar-refractivity contribution in [1.29, 1.82) is 0 Å². The molecule has 0 spiro atoms. The van der Waals surface area contributed by atoms with Gasteiger partial charge >= 0.3 is 0 Å². The maximum absolute atomic E-state index is 11.1. The van der Waals surface area contributed by atoms with Gasteiger partial charge in [0, 0.05) is 12.3 Å². The van der Waals surface area contributed by atoms with Crippen molar-refractivity contribution in [1.82, 2.24) is 9.78 Å². The van der Waals surface area contributed by atoms with Crippen LogP contribution in [0.15, 0.2) is 36.7 Å². The fourth-order valence-electron chi connectivity index (χ4n) is 1.63. The van der Waals surface area contributed by atoms with Crippen molar-refractivity contribution in [2.75, 3.05) is 0 Å². The van der Waals surface area contributed by atoms with Gasteiger partial charge in [0.15, 0.2) is 5.78 Å². The van der Waals surface area contributed by atoms with E-state index in [0.29, 0.717) is 11.1 Å². The van der Waals surface area contributed by atoms with Gasteiger partial charge in [-0.2, -0.15) is 5.10 Å². The first-order valence-electron chi connectivity index (χ1n) is 5.33. The highest BCUT2D eigenvalue weighted by atomic mass is 16.6. The fourth-order valence-corrected chi connectivity index (χ4v) is 1.63. The summed E-state index contributed by atoms with van der Waals surface area (Å²) >= 11 is 0. The quantitative estimate of drug-likeness (QED) is 0.469. The number of ketones is 1. The monoisotopic (exact) mass is 245 g/mol. The van der Waals surface area contributed by atoms with Crippen molar-refractivity contribution >= 4 is 11.5 Å². The normalized spacial score (nSPS) is 10.3. The van der Waals surface area contributed by atoms with Crippen LogP contribution in [0.5, 0.6) is 0 Å². The third-order valence-corrected chi connectivity index (χ3v) is 2.56. The number of rotatable bonds is 4. The lowest BCUT2D eigenvalue weighted by Gasteiger charge is -2.02. The molecule has 0 N–H and O–H groups in total. The molecule has 0 amide bonds. The van der Waals surface area contributed by atoms with Gasteiger partial charge in [0.25, 0.3) is 5.69 Å². The highest BCUT2D eigenvalue weighted by Gasteiger charge is 2.13. The minimum absolute atomic E-state index is 0.0531. The SMILES string of the molecule is CC(=O)c1cnn(Cc2ccccc2[N+](=O)[O-])c1. The number of nitrogens with zero attached hydrogens (tertiary/aromatic N) is 3. The molecule has 0 aliphatic heterocycles. The number of hydrogen-bond acceptors (Lipinski definition) is 4. The van der Waals surface area contributed by atoms with Crippen molar-refractivity contribution in [2.24, 2.45) is 0 Å². The molecule has 18 heavy (non-hydrogen) atoms. The number of benzene rings is 1. The van der Waals surface area contributed by atoms with Gasteiger partial charge in [-0.15, -0.1) is 0 Å². The Kier molecular flexibility index (Phi) is 3.18. The molecule has 6 nitrogen and oxygen atoms in total. The Morgan fingerprint density at radius 1 is 1.44 bits per heavy atom. The molecule has 2 rings (SSSR count). The van der Waals surface area contributed by atoms with E-state index in [1.165, 1.54) is 23.9 Å². The van der Waals surface area contributed by atoms with Gasteiger partial charge < -0.3 is 0 Å². The topological polar surface area (TPSA) is 78.0 Å². The van der Waals surface area contributed by atoms with Crippen molar-refractivity contribution < 1.29 is 9.72 Å². The van der Waals surface area contributed by atoms with E-state index in [9.17, 15) is 14.9 Å². The van der Waals surface area contributed by atoms with Gasteiger partial charge in [0.2, 0.25) is 0 Å². The Morgan fingerprint density at radius 3 is 2.78 bits per heavy atom. The van der Waals surface area contributed by atoms with Crippen LogP contribution in [0.25, 0.3) is 0 Å². The van der Waals surface area contributed by atoms with Crippen LogP contribution in [0.3, 0.4) is 0 Å². The second kappa shape index (κ2) is 4.79. The van der Waals surface area contributed by atoms with Gasteiger partial charge in [0.1, 0.15) is 0 Å². The summed E-state index contributed by atoms with van der Waals surface area (Å²) in [6.45, 7) is 1.72. The Labute approximate surface area is 103 Å². The van der Waals surface area contributed by atoms with Crippen LogP contribution in [-0.4, -0.2) is 20.5 Å². The van der Waals surface area contributed by atoms with Crippen LogP contribution in [-0.2, 0) is 6.54 Å². The summed E-state index contributed by atoms with van der Waals surface area (Å²) in [5.74, 6) is -0.0798. The summed E-state index contributed by atoms with van der Waals surface area (Å²) in [5, 5.41) is 14.9. The Hall–Kier alpha value is -2.50. The highest BCUT2D eigenvalue weighted by Crippen LogP contribution is 2.18. The molecule has 0 aliphatic carbocycles. The van der Waals surface area contributed by atoms with Crippen molar-refractivity contribution in [3.63, 3.8) is 0 Å². The fraction of sp³-hybridized carbons (Fsp3) is 0.167. The first-order valence-corrected chi connectivity index (χ1v) is 5.33. The summed E-state index contributed by atoms with van der Waals surface area (Å²) in [5.41, 5.74) is 1.10. The van der Waals surface area contributed by atoms with Crippen molar-refractivity contribution in [3.05, 3.63) is 57.9 Å². The molecule has 2 aromatic rings. The number of carbonyl (C=O) groups excluding carboxylic acids is 1. The number of Topliss-reactive ketones (excluding diaryl/α,β-unsaturated/α-hetero) is 1. The molecule has 1 aromatic carbocycles. The Bertz CT molecular complexity index is 604. The average molecular weight is 245 g/mol. The molecule has 0 saturated carbocycles. The third kappa shape index (κ3) is 2.42. The second-order valence-electron chi connectivity index (χ2n) is 3.87. The number of aromatic nitrogens is 2. The van der Waals surface area contributed by atoms with Crippen molar-refractivity contribution in [3.8, 4) is 0 Å². The summed E-state index contributed by atoms with van der Waals surface area (Å²) in [4.78, 5) is 21.5. The first kappa shape index (κ1) is 12.0. The molecule has 92 valence electrons. The Balaban J connectivity index is 2.28. The lowest BCUT2D eigenvalue weighted by Crippen LogP contribution is -2.03. The molecule has 0 radical (unpaired) electrons. The molecular formula is C12H11N3O3. The smallest absolute Gasteiger partial charge is 0.274 e. The molecule has 0 fully saturated rings. The lowest BCUT2D eigenvalue weighted by atomic mass is 10.2. The predicted molar refractivity (Wildman–Crippen MR) is 64.4 cm³/mol. The van der Waals surface area contributed by atoms with E-state index in [1.807, 2.05) is 0 Å². The summed E-state index contributed by atoms with van der Waals surface area (Å²) in [7, 11) is 0. The highest BCUT2D eigenvalue weighted by molar-refractivity contribution is 5.93. The molecule has 1 aromatic heterocycles. The first-order chi connectivity index (χ1) is 8.58. The molecule has 0 aliphatic rings. The van der Waals surface area contributed by atoms with Crippen LogP contribution < -0.4 is 0 Å². The van der Waals surface area contributed by atoms with Gasteiger partial charge in [-0.1, -0.05) is 18.2 Å². The number of carbonyl (C=O) groups is 1. The van der Waals surface area contributed by atoms with Gasteiger partial charge in [-0.05, 0) is 6.92 Å². The third-order valence-electron chi connectivity index (χ3n) is 2.56. The van der Waals surface area contributed by atoms with Crippen LogP contribution in [0.2, 0.25) is 0 Å². The standard InChI is InChI=1S/C12H11N3O3/c1-9(16)11-6-13-14(8-11)7-10-4-2-3-5-12(10)15(17)18/h2-6,8H,7H2,1H3. The van der Waals surface area contributed by atoms with Crippen LogP contribution in [0, 0.1) is 10.1 Å². The number of nitro groups is 1. The lowest BCUT2D eigenvalue weighted by molar-refractivity contribution is -0.385. The average Bonchev–Trinajstić information content (AvgIpc) is 2.78. The molecular weight excluding hydrogens is 234 g/mol. The molecule has 0 unspecified atom stereocenters. The van der Waals surface area contributed by atoms with E-state index >= 15 is 0 Å². The number of para-hydroxylation sites is 1. The summed E-state index contributed by atoms with van der Waals surface area (Å²) in [6, 6.07) is 6.47. The largest absolute Gasteiger partial charge is 0.294 e. The van der Waals surface area contributed by atoms with E-state index in [4.69, 9.17) is 0 Å². The zero-order valence-corrected chi connectivity index (χ0v) is 9.74. The molecule has 0 saturated heterocycles. The molecule has 0 atom stereocenters. The maximum Gasteiger partial charge on any atom is 0.274 e. The van der Waals surface area contributed by atoms with E-state index in [1.54, 1.807) is 24.4 Å². The van der Waals surface area contributed by atoms with E-state index in [-0.39, 0.29) is 18.0 Å². The molecule has 6 heteroatoms. The van der Waals surface area contributed by atoms with Gasteiger partial charge in [-0.3, -0.25) is 19.6 Å². The Morgan fingerprint density at radius 2 is 2.17 bits per heavy atom. The number of nitro benzene ring substituents is 1. The predicted octanol–water partition coefficient (Wildman–Crippen LogP) is 2.04.